The molecule has 0 spiro atoms. The van der Waals surface area contributed by atoms with Gasteiger partial charge in [-0.3, -0.25) is 0 Å². The van der Waals surface area contributed by atoms with E-state index in [1.807, 2.05) is 6.07 Å². The lowest BCUT2D eigenvalue weighted by Crippen LogP contribution is -2.37. The highest BCUT2D eigenvalue weighted by Crippen LogP contribution is 2.30. The van der Waals surface area contributed by atoms with Gasteiger partial charge in [0.15, 0.2) is 0 Å². The third-order valence-electron chi connectivity index (χ3n) is 3.72. The first kappa shape index (κ1) is 16.8. The number of rotatable bonds is 8. The van der Waals surface area contributed by atoms with Crippen molar-refractivity contribution in [3.8, 4) is 5.75 Å². The van der Waals surface area contributed by atoms with Crippen LogP contribution in [0.2, 0.25) is 0 Å². The topological polar surface area (TPSA) is 52.9 Å². The van der Waals surface area contributed by atoms with Crippen LogP contribution in [0, 0.1) is 0 Å². The predicted molar refractivity (Wildman–Crippen MR) is 82.3 cm³/mol. The number of phenols is 1. The molecule has 1 atom stereocenters. The number of methoxy groups -OCH3 is 1. The Hall–Kier alpha value is -1.26. The number of ether oxygens (including phenoxy) is 1. The molecule has 1 aromatic carbocycles. The minimum atomic E-state index is -0.662. The number of aromatic hydroxyl groups is 1. The molecular weight excluding hydrogens is 254 g/mol. The van der Waals surface area contributed by atoms with Crippen molar-refractivity contribution in [1.82, 2.24) is 0 Å². The molecule has 0 aliphatic carbocycles. The monoisotopic (exact) mass is 281 g/mol. The van der Waals surface area contributed by atoms with Gasteiger partial charge in [-0.15, -0.1) is 0 Å². The quantitative estimate of drug-likeness (QED) is 0.769. The maximum atomic E-state index is 10.0. The molecule has 0 amide bonds. The van der Waals surface area contributed by atoms with Crippen LogP contribution in [0.3, 0.4) is 0 Å². The number of benzene rings is 1. The van der Waals surface area contributed by atoms with Gasteiger partial charge in [-0.05, 0) is 25.8 Å². The molecule has 4 nitrogen and oxygen atoms in total. The smallest absolute Gasteiger partial charge is 0.123 e. The largest absolute Gasteiger partial charge is 0.507 e. The zero-order chi connectivity index (χ0) is 15.1. The molecule has 1 rings (SSSR count). The number of phenolic OH excluding ortho intramolecular Hbond substituents is 1. The van der Waals surface area contributed by atoms with E-state index in [2.05, 4.69) is 18.7 Å². The molecule has 0 radical (unpaired) electrons. The van der Waals surface area contributed by atoms with Crippen LogP contribution < -0.4 is 4.90 Å². The van der Waals surface area contributed by atoms with Crippen LogP contribution >= 0.6 is 0 Å². The van der Waals surface area contributed by atoms with Crippen molar-refractivity contribution in [2.45, 2.75) is 45.8 Å². The van der Waals surface area contributed by atoms with Crippen molar-refractivity contribution in [1.29, 1.82) is 0 Å². The van der Waals surface area contributed by atoms with E-state index in [-0.39, 0.29) is 5.75 Å². The number of aliphatic hydroxyl groups is 1. The molecule has 1 unspecified atom stereocenters. The highest BCUT2D eigenvalue weighted by Gasteiger charge is 2.17. The summed E-state index contributed by atoms with van der Waals surface area (Å²) >= 11 is 0. The molecule has 2 N–H and O–H groups in total. The summed E-state index contributed by atoms with van der Waals surface area (Å²) in [6.07, 6.45) is 1.42. The third-order valence-corrected chi connectivity index (χ3v) is 3.72. The number of anilines is 1. The fourth-order valence-electron chi connectivity index (χ4n) is 2.51. The van der Waals surface area contributed by atoms with E-state index >= 15 is 0 Å². The van der Waals surface area contributed by atoms with Crippen LogP contribution in [0.4, 0.5) is 5.69 Å². The molecule has 0 saturated heterocycles. The normalized spacial score (nSPS) is 12.7. The van der Waals surface area contributed by atoms with Crippen LogP contribution in [0.5, 0.6) is 5.75 Å². The lowest BCUT2D eigenvalue weighted by Gasteiger charge is -2.33. The van der Waals surface area contributed by atoms with E-state index in [0.717, 1.165) is 25.1 Å². The molecule has 0 heterocycles. The highest BCUT2D eigenvalue weighted by atomic mass is 16.5. The zero-order valence-electron chi connectivity index (χ0n) is 13.0. The Morgan fingerprint density at radius 3 is 2.35 bits per heavy atom. The predicted octanol–water partition coefficient (Wildman–Crippen LogP) is 3.09. The molecule has 0 aliphatic heterocycles. The summed E-state index contributed by atoms with van der Waals surface area (Å²) < 4.78 is 5.18. The number of nitrogens with zero attached hydrogens (tertiary/aromatic N) is 1. The maximum Gasteiger partial charge on any atom is 0.123 e. The first-order valence-corrected chi connectivity index (χ1v) is 7.31. The van der Waals surface area contributed by atoms with Gasteiger partial charge >= 0.3 is 0 Å². The first-order valence-electron chi connectivity index (χ1n) is 7.31. The number of hydrogen-bond donors (Lipinski definition) is 2. The van der Waals surface area contributed by atoms with E-state index in [9.17, 15) is 10.2 Å². The zero-order valence-corrected chi connectivity index (χ0v) is 13.0. The Kier molecular flexibility index (Phi) is 6.82. The second-order valence-corrected chi connectivity index (χ2v) is 5.08. The summed E-state index contributed by atoms with van der Waals surface area (Å²) in [4.78, 5) is 2.26. The Bertz CT molecular complexity index is 403. The third kappa shape index (κ3) is 4.12. The number of hydrogen-bond acceptors (Lipinski definition) is 4. The van der Waals surface area contributed by atoms with Gasteiger partial charge in [0.1, 0.15) is 5.75 Å². The van der Waals surface area contributed by atoms with Gasteiger partial charge in [0, 0.05) is 37.0 Å². The summed E-state index contributed by atoms with van der Waals surface area (Å²) in [5, 5.41) is 19.6. The van der Waals surface area contributed by atoms with Crippen LogP contribution in [-0.2, 0) is 4.74 Å². The summed E-state index contributed by atoms with van der Waals surface area (Å²) in [6, 6.07) is 5.89. The lowest BCUT2D eigenvalue weighted by molar-refractivity contribution is 0.195. The van der Waals surface area contributed by atoms with Gasteiger partial charge in [-0.1, -0.05) is 19.9 Å². The molecule has 0 aromatic heterocycles. The first-order chi connectivity index (χ1) is 9.54. The molecular formula is C16H27NO3. The van der Waals surface area contributed by atoms with Crippen LogP contribution in [0.25, 0.3) is 0 Å². The minimum Gasteiger partial charge on any atom is -0.507 e. The highest BCUT2D eigenvalue weighted by molar-refractivity contribution is 5.54. The molecule has 0 aliphatic rings. The Balaban J connectivity index is 3.03. The van der Waals surface area contributed by atoms with Crippen molar-refractivity contribution in [3.05, 3.63) is 23.8 Å². The van der Waals surface area contributed by atoms with Gasteiger partial charge in [-0.2, -0.15) is 0 Å². The second-order valence-electron chi connectivity index (χ2n) is 5.08. The minimum absolute atomic E-state index is 0.144. The fraction of sp³-hybridized carbons (Fsp3) is 0.625. The van der Waals surface area contributed by atoms with Gasteiger partial charge in [0.05, 0.1) is 12.7 Å². The summed E-state index contributed by atoms with van der Waals surface area (Å²) in [5.74, 6) is 0.144. The standard InChI is InChI=1S/C16H27NO3/c1-5-13(6-2)17(9-10-20-4)14-7-8-15(12(3)18)16(19)11-14/h7-8,11-13,18-19H,5-6,9-10H2,1-4H3. The van der Waals surface area contributed by atoms with Crippen molar-refractivity contribution in [3.63, 3.8) is 0 Å². The van der Waals surface area contributed by atoms with Crippen molar-refractivity contribution < 1.29 is 14.9 Å². The van der Waals surface area contributed by atoms with Gasteiger partial charge in [0.2, 0.25) is 0 Å². The Morgan fingerprint density at radius 2 is 1.90 bits per heavy atom. The fourth-order valence-corrected chi connectivity index (χ4v) is 2.51. The van der Waals surface area contributed by atoms with Crippen molar-refractivity contribution in [2.75, 3.05) is 25.2 Å². The van der Waals surface area contributed by atoms with E-state index in [0.29, 0.717) is 18.2 Å². The molecule has 0 fully saturated rings. The van der Waals surface area contributed by atoms with Crippen molar-refractivity contribution in [2.24, 2.45) is 0 Å². The summed E-state index contributed by atoms with van der Waals surface area (Å²) in [6.45, 7) is 7.42. The lowest BCUT2D eigenvalue weighted by atomic mass is 10.1. The second kappa shape index (κ2) is 8.12. The van der Waals surface area contributed by atoms with Gasteiger partial charge in [0.25, 0.3) is 0 Å². The van der Waals surface area contributed by atoms with Gasteiger partial charge in [-0.25, -0.2) is 0 Å². The SMILES string of the molecule is CCC(CC)N(CCOC)c1ccc(C(C)O)c(O)c1. The number of aliphatic hydroxyl groups excluding tert-OH is 1. The average molecular weight is 281 g/mol. The molecule has 0 bridgehead atoms. The van der Waals surface area contributed by atoms with E-state index in [4.69, 9.17) is 4.74 Å². The summed E-state index contributed by atoms with van der Waals surface area (Å²) in [5.41, 5.74) is 1.53. The van der Waals surface area contributed by atoms with Crippen LogP contribution in [0.1, 0.15) is 45.3 Å². The average Bonchev–Trinajstić information content (AvgIpc) is 2.43. The Morgan fingerprint density at radius 1 is 1.25 bits per heavy atom. The molecule has 0 saturated carbocycles. The molecule has 20 heavy (non-hydrogen) atoms. The van der Waals surface area contributed by atoms with Gasteiger partial charge < -0.3 is 19.8 Å². The molecule has 114 valence electrons. The molecule has 1 aromatic rings. The van der Waals surface area contributed by atoms with Crippen LogP contribution in [-0.4, -0.2) is 36.5 Å². The Labute approximate surface area is 122 Å². The summed E-state index contributed by atoms with van der Waals surface area (Å²) in [7, 11) is 1.69. The van der Waals surface area contributed by atoms with Crippen molar-refractivity contribution >= 4 is 5.69 Å². The van der Waals surface area contributed by atoms with E-state index in [1.165, 1.54) is 0 Å². The molecule has 4 heteroatoms. The van der Waals surface area contributed by atoms with E-state index in [1.54, 1.807) is 26.2 Å². The maximum absolute atomic E-state index is 10.0. The van der Waals surface area contributed by atoms with Crippen LogP contribution in [0.15, 0.2) is 18.2 Å². The van der Waals surface area contributed by atoms with E-state index < -0.39 is 6.10 Å².